The lowest BCUT2D eigenvalue weighted by molar-refractivity contribution is 0.0600. The first kappa shape index (κ1) is 23.3. The second-order valence-corrected chi connectivity index (χ2v) is 9.95. The van der Waals surface area contributed by atoms with Crippen LogP contribution in [0.25, 0.3) is 22.3 Å². The molecule has 7 heteroatoms. The van der Waals surface area contributed by atoms with E-state index in [0.717, 1.165) is 33.5 Å². The van der Waals surface area contributed by atoms with Crippen molar-refractivity contribution in [2.45, 2.75) is 13.5 Å². The molecule has 4 rings (SSSR count). The van der Waals surface area contributed by atoms with Crippen LogP contribution in [-0.2, 0) is 21.3 Å². The number of nitrogens with one attached hydrogen (secondary N) is 1. The second-order valence-electron chi connectivity index (χ2n) is 8.04. The fraction of sp³-hybridized carbons (Fsp3) is 0.148. The molecule has 0 saturated carbocycles. The number of anilines is 1. The van der Waals surface area contributed by atoms with Crippen molar-refractivity contribution in [1.29, 1.82) is 0 Å². The first-order valence-corrected chi connectivity index (χ1v) is 12.6. The monoisotopic (exact) mass is 474 g/mol. The van der Waals surface area contributed by atoms with Crippen molar-refractivity contribution in [3.8, 4) is 22.3 Å². The van der Waals surface area contributed by atoms with E-state index in [2.05, 4.69) is 4.98 Å². The minimum atomic E-state index is -3.61. The van der Waals surface area contributed by atoms with E-state index in [1.54, 1.807) is 12.1 Å². The van der Waals surface area contributed by atoms with Gasteiger partial charge in [0.05, 0.1) is 25.5 Å². The number of hydrogen-bond acceptors (Lipinski definition) is 4. The molecule has 0 saturated heterocycles. The minimum Gasteiger partial charge on any atom is -0.465 e. The van der Waals surface area contributed by atoms with Crippen LogP contribution in [0.4, 0.5) is 5.82 Å². The number of hydrogen-bond donors (Lipinski definition) is 1. The van der Waals surface area contributed by atoms with E-state index in [9.17, 15) is 13.2 Å². The zero-order chi connectivity index (χ0) is 24.3. The number of ether oxygens (including phenoxy) is 1. The molecule has 174 valence electrons. The molecule has 4 aromatic rings. The number of carbonyl (C=O) groups excluding carboxylic acids is 1. The average Bonchev–Trinajstić information content (AvgIpc) is 3.19. The predicted octanol–water partition coefficient (Wildman–Crippen LogP) is 5.41. The smallest absolute Gasteiger partial charge is 0.337 e. The maximum Gasteiger partial charge on any atom is 0.337 e. The molecule has 1 N–H and O–H groups in total. The first-order chi connectivity index (χ1) is 16.3. The molecule has 1 heterocycles. The van der Waals surface area contributed by atoms with Crippen molar-refractivity contribution in [3.05, 3.63) is 102 Å². The standard InChI is InChI=1S/C27H26N2O4S/c1-19-24(22-14-16-23(17-15-22)27(30)33-2)25(21-12-8-5-9-13-21)26(28-19)29(34(3,31)32)18-20-10-6-4-7-11-20/h4-17,28H,18H2,1-3H3. The number of H-pyrrole nitrogens is 1. The van der Waals surface area contributed by atoms with Crippen LogP contribution >= 0.6 is 0 Å². The van der Waals surface area contributed by atoms with Crippen molar-refractivity contribution < 1.29 is 17.9 Å². The van der Waals surface area contributed by atoms with Gasteiger partial charge >= 0.3 is 5.97 Å². The maximum atomic E-state index is 13.0. The molecular weight excluding hydrogens is 448 g/mol. The molecule has 0 fully saturated rings. The van der Waals surface area contributed by atoms with Gasteiger partial charge in [0.1, 0.15) is 5.82 Å². The van der Waals surface area contributed by atoms with E-state index < -0.39 is 16.0 Å². The van der Waals surface area contributed by atoms with Gasteiger partial charge in [-0.1, -0.05) is 72.8 Å². The molecular formula is C27H26N2O4S. The molecule has 0 spiro atoms. The number of benzene rings is 3. The summed E-state index contributed by atoms with van der Waals surface area (Å²) in [7, 11) is -2.27. The number of nitrogens with zero attached hydrogens (tertiary/aromatic N) is 1. The molecule has 0 aliphatic rings. The average molecular weight is 475 g/mol. The van der Waals surface area contributed by atoms with Gasteiger partial charge < -0.3 is 9.72 Å². The van der Waals surface area contributed by atoms with E-state index in [0.29, 0.717) is 11.4 Å². The Labute approximate surface area is 199 Å². The van der Waals surface area contributed by atoms with E-state index in [1.807, 2.05) is 79.7 Å². The number of aromatic amines is 1. The molecule has 0 radical (unpaired) electrons. The fourth-order valence-electron chi connectivity index (χ4n) is 4.04. The summed E-state index contributed by atoms with van der Waals surface area (Å²) in [4.78, 5) is 15.2. The third kappa shape index (κ3) is 4.75. The number of sulfonamides is 1. The summed E-state index contributed by atoms with van der Waals surface area (Å²) in [6.45, 7) is 2.11. The highest BCUT2D eigenvalue weighted by Gasteiger charge is 2.27. The highest BCUT2D eigenvalue weighted by Crippen LogP contribution is 2.43. The van der Waals surface area contributed by atoms with Crippen LogP contribution in [-0.4, -0.2) is 32.7 Å². The Balaban J connectivity index is 1.92. The summed E-state index contributed by atoms with van der Waals surface area (Å²) in [5.74, 6) is 0.0922. The third-order valence-electron chi connectivity index (χ3n) is 5.64. The van der Waals surface area contributed by atoms with Gasteiger partial charge in [-0.05, 0) is 35.7 Å². The lowest BCUT2D eigenvalue weighted by Crippen LogP contribution is -2.30. The summed E-state index contributed by atoms with van der Waals surface area (Å²) in [6.07, 6.45) is 1.21. The highest BCUT2D eigenvalue weighted by atomic mass is 32.2. The Kier molecular flexibility index (Phi) is 6.56. The van der Waals surface area contributed by atoms with Crippen LogP contribution < -0.4 is 4.31 Å². The third-order valence-corrected chi connectivity index (χ3v) is 6.76. The van der Waals surface area contributed by atoms with Gasteiger partial charge in [0, 0.05) is 16.8 Å². The van der Waals surface area contributed by atoms with Gasteiger partial charge in [-0.15, -0.1) is 0 Å². The minimum absolute atomic E-state index is 0.195. The van der Waals surface area contributed by atoms with Gasteiger partial charge in [0.2, 0.25) is 10.0 Å². The van der Waals surface area contributed by atoms with Gasteiger partial charge in [-0.2, -0.15) is 0 Å². The molecule has 0 bridgehead atoms. The van der Waals surface area contributed by atoms with Gasteiger partial charge in [0.15, 0.2) is 0 Å². The van der Waals surface area contributed by atoms with Crippen molar-refractivity contribution in [2.75, 3.05) is 17.7 Å². The predicted molar refractivity (Wildman–Crippen MR) is 135 cm³/mol. The van der Waals surface area contributed by atoms with Crippen LogP contribution in [0.3, 0.4) is 0 Å². The molecule has 34 heavy (non-hydrogen) atoms. The van der Waals surface area contributed by atoms with Gasteiger partial charge in [-0.3, -0.25) is 4.31 Å². The Hall–Kier alpha value is -3.84. The second kappa shape index (κ2) is 9.57. The Bertz CT molecular complexity index is 1390. The highest BCUT2D eigenvalue weighted by molar-refractivity contribution is 7.92. The molecule has 3 aromatic carbocycles. The Morgan fingerprint density at radius 1 is 0.853 bits per heavy atom. The maximum absolute atomic E-state index is 13.0. The zero-order valence-corrected chi connectivity index (χ0v) is 20.1. The molecule has 0 atom stereocenters. The van der Waals surface area contributed by atoms with Crippen molar-refractivity contribution in [2.24, 2.45) is 0 Å². The summed E-state index contributed by atoms with van der Waals surface area (Å²) < 4.78 is 32.2. The van der Waals surface area contributed by atoms with Crippen LogP contribution in [0.1, 0.15) is 21.6 Å². The summed E-state index contributed by atoms with van der Waals surface area (Å²) in [5.41, 5.74) is 5.55. The Morgan fingerprint density at radius 2 is 1.41 bits per heavy atom. The van der Waals surface area contributed by atoms with Crippen LogP contribution in [0.15, 0.2) is 84.9 Å². The normalized spacial score (nSPS) is 11.3. The Morgan fingerprint density at radius 3 is 1.97 bits per heavy atom. The summed E-state index contributed by atoms with van der Waals surface area (Å²) in [5, 5.41) is 0. The first-order valence-electron chi connectivity index (χ1n) is 10.8. The summed E-state index contributed by atoms with van der Waals surface area (Å²) in [6, 6.07) is 26.3. The number of methoxy groups -OCH3 is 1. The van der Waals surface area contributed by atoms with Crippen LogP contribution in [0.2, 0.25) is 0 Å². The van der Waals surface area contributed by atoms with Crippen molar-refractivity contribution >= 4 is 21.8 Å². The van der Waals surface area contributed by atoms with E-state index in [4.69, 9.17) is 4.74 Å². The molecule has 0 aliphatic heterocycles. The number of esters is 1. The van der Waals surface area contributed by atoms with E-state index in [1.165, 1.54) is 17.7 Å². The van der Waals surface area contributed by atoms with E-state index in [-0.39, 0.29) is 6.54 Å². The molecule has 1 aromatic heterocycles. The molecule has 6 nitrogen and oxygen atoms in total. The fourth-order valence-corrected chi connectivity index (χ4v) is 4.90. The molecule has 0 unspecified atom stereocenters. The quantitative estimate of drug-likeness (QED) is 0.363. The van der Waals surface area contributed by atoms with E-state index >= 15 is 0 Å². The van der Waals surface area contributed by atoms with Crippen LogP contribution in [0, 0.1) is 6.92 Å². The van der Waals surface area contributed by atoms with Gasteiger partial charge in [0.25, 0.3) is 0 Å². The SMILES string of the molecule is COC(=O)c1ccc(-c2c(C)[nH]c(N(Cc3ccccc3)S(C)(=O)=O)c2-c2ccccc2)cc1. The zero-order valence-electron chi connectivity index (χ0n) is 19.3. The molecule has 0 amide bonds. The van der Waals surface area contributed by atoms with Gasteiger partial charge in [-0.25, -0.2) is 13.2 Å². The number of aromatic nitrogens is 1. The van der Waals surface area contributed by atoms with Crippen molar-refractivity contribution in [1.82, 2.24) is 4.98 Å². The number of carbonyl (C=O) groups is 1. The number of aryl methyl sites for hydroxylation is 1. The summed E-state index contributed by atoms with van der Waals surface area (Å²) >= 11 is 0. The largest absolute Gasteiger partial charge is 0.465 e. The number of rotatable bonds is 7. The molecule has 0 aliphatic carbocycles. The lowest BCUT2D eigenvalue weighted by Gasteiger charge is -2.23. The van der Waals surface area contributed by atoms with Crippen molar-refractivity contribution in [3.63, 3.8) is 0 Å². The lowest BCUT2D eigenvalue weighted by atomic mass is 9.95. The topological polar surface area (TPSA) is 79.5 Å². The van der Waals surface area contributed by atoms with Crippen LogP contribution in [0.5, 0.6) is 0 Å².